The highest BCUT2D eigenvalue weighted by molar-refractivity contribution is 6.07. The van der Waals surface area contributed by atoms with E-state index in [0.29, 0.717) is 11.5 Å². The largest absolute Gasteiger partial charge is 0.456 e. The van der Waals surface area contributed by atoms with Crippen LogP contribution in [0.15, 0.2) is 156 Å². The fourth-order valence-corrected chi connectivity index (χ4v) is 5.82. The summed E-state index contributed by atoms with van der Waals surface area (Å²) in [7, 11) is 0. The molecule has 0 unspecified atom stereocenters. The maximum absolute atomic E-state index is 7.49. The molecule has 8 rings (SSSR count). The van der Waals surface area contributed by atoms with Gasteiger partial charge in [-0.1, -0.05) is 103 Å². The number of aromatic nitrogens is 2. The molecule has 0 saturated heterocycles. The number of furan rings is 1. The van der Waals surface area contributed by atoms with Gasteiger partial charge in [-0.25, -0.2) is 14.8 Å². The average molecular weight is 576 g/mol. The maximum Gasteiger partial charge on any atom is 0.188 e. The minimum absolute atomic E-state index is 0.594. The van der Waals surface area contributed by atoms with Crippen molar-refractivity contribution in [2.45, 2.75) is 0 Å². The van der Waals surface area contributed by atoms with Gasteiger partial charge in [0, 0.05) is 27.5 Å². The zero-order valence-electron chi connectivity index (χ0n) is 24.2. The van der Waals surface area contributed by atoms with Crippen molar-refractivity contribution < 1.29 is 4.42 Å². The van der Waals surface area contributed by atoms with Gasteiger partial charge in [-0.05, 0) is 70.8 Å². The molecule has 0 aliphatic heterocycles. The zero-order valence-corrected chi connectivity index (χ0v) is 24.2. The molecule has 0 radical (unpaired) electrons. The van der Waals surface area contributed by atoms with Gasteiger partial charge in [-0.3, -0.25) is 0 Å². The van der Waals surface area contributed by atoms with Crippen LogP contribution in [0.25, 0.3) is 82.9 Å². The molecule has 4 nitrogen and oxygen atoms in total. The molecule has 0 bridgehead atoms. The van der Waals surface area contributed by atoms with Crippen LogP contribution in [-0.4, -0.2) is 9.97 Å². The van der Waals surface area contributed by atoms with Gasteiger partial charge >= 0.3 is 0 Å². The van der Waals surface area contributed by atoms with Crippen molar-refractivity contribution in [3.8, 4) is 56.2 Å². The second-order valence-corrected chi connectivity index (χ2v) is 11.0. The number of hydrogen-bond acceptors (Lipinski definition) is 3. The lowest BCUT2D eigenvalue weighted by Crippen LogP contribution is -1.96. The van der Waals surface area contributed by atoms with Gasteiger partial charge in [-0.2, -0.15) is 0 Å². The van der Waals surface area contributed by atoms with E-state index < -0.39 is 0 Å². The fourth-order valence-electron chi connectivity index (χ4n) is 5.82. The van der Waals surface area contributed by atoms with Crippen LogP contribution in [0.4, 0.5) is 5.69 Å². The Morgan fingerprint density at radius 3 is 1.62 bits per heavy atom. The van der Waals surface area contributed by atoms with Gasteiger partial charge in [0.25, 0.3) is 0 Å². The number of benzene rings is 6. The van der Waals surface area contributed by atoms with Gasteiger partial charge in [-0.15, -0.1) is 0 Å². The molecule has 0 atom stereocenters. The molecule has 0 amide bonds. The normalized spacial score (nSPS) is 11.1. The molecule has 4 heteroatoms. The van der Waals surface area contributed by atoms with Crippen LogP contribution >= 0.6 is 0 Å². The van der Waals surface area contributed by atoms with Crippen LogP contribution in [0.3, 0.4) is 0 Å². The van der Waals surface area contributed by atoms with Crippen molar-refractivity contribution in [2.75, 3.05) is 0 Å². The summed E-state index contributed by atoms with van der Waals surface area (Å²) >= 11 is 0. The van der Waals surface area contributed by atoms with E-state index in [9.17, 15) is 0 Å². The fraction of sp³-hybridized carbons (Fsp3) is 0. The van der Waals surface area contributed by atoms with Crippen LogP contribution in [0.5, 0.6) is 0 Å². The predicted octanol–water partition coefficient (Wildman–Crippen LogP) is 11.3. The summed E-state index contributed by atoms with van der Waals surface area (Å²) in [5, 5.41) is 1.93. The molecule has 0 N–H and O–H groups in total. The number of nitrogens with zero attached hydrogens (tertiary/aromatic N) is 3. The lowest BCUT2D eigenvalue weighted by Gasteiger charge is -2.13. The molecule has 45 heavy (non-hydrogen) atoms. The van der Waals surface area contributed by atoms with E-state index >= 15 is 0 Å². The summed E-state index contributed by atoms with van der Waals surface area (Å²) in [6.45, 7) is 7.49. The first kappa shape index (κ1) is 26.3. The van der Waals surface area contributed by atoms with E-state index in [2.05, 4.69) is 77.6 Å². The van der Waals surface area contributed by atoms with Crippen molar-refractivity contribution in [3.63, 3.8) is 0 Å². The summed E-state index contributed by atoms with van der Waals surface area (Å²) in [4.78, 5) is 13.7. The van der Waals surface area contributed by atoms with E-state index in [1.54, 1.807) is 6.07 Å². The van der Waals surface area contributed by atoms with E-state index in [1.165, 1.54) is 0 Å². The van der Waals surface area contributed by atoms with Gasteiger partial charge < -0.3 is 4.42 Å². The average Bonchev–Trinajstić information content (AvgIpc) is 3.49. The molecule has 0 spiro atoms. The third-order valence-electron chi connectivity index (χ3n) is 8.08. The molecule has 2 aromatic heterocycles. The molecule has 0 fully saturated rings. The van der Waals surface area contributed by atoms with Gasteiger partial charge in [0.05, 0.1) is 18.0 Å². The Morgan fingerprint density at radius 2 is 0.956 bits per heavy atom. The van der Waals surface area contributed by atoms with Crippen LogP contribution in [0.1, 0.15) is 0 Å². The van der Waals surface area contributed by atoms with E-state index in [0.717, 1.165) is 72.3 Å². The highest BCUT2D eigenvalue weighted by Crippen LogP contribution is 2.38. The topological polar surface area (TPSA) is 43.3 Å². The van der Waals surface area contributed by atoms with Crippen molar-refractivity contribution in [2.24, 2.45) is 0 Å². The quantitative estimate of drug-likeness (QED) is 0.192. The minimum atomic E-state index is 0.594. The second-order valence-electron chi connectivity index (χ2n) is 11.0. The van der Waals surface area contributed by atoms with E-state index in [1.807, 2.05) is 72.8 Å². The molecule has 0 aliphatic carbocycles. The highest BCUT2D eigenvalue weighted by atomic mass is 16.3. The highest BCUT2D eigenvalue weighted by Gasteiger charge is 2.15. The summed E-state index contributed by atoms with van der Waals surface area (Å²) in [6.07, 6.45) is 0. The molecule has 0 aliphatic rings. The molecule has 8 aromatic rings. The molecular weight excluding hydrogens is 550 g/mol. The van der Waals surface area contributed by atoms with E-state index in [4.69, 9.17) is 21.0 Å². The van der Waals surface area contributed by atoms with Crippen molar-refractivity contribution in [1.82, 2.24) is 9.97 Å². The van der Waals surface area contributed by atoms with Crippen LogP contribution in [0.2, 0.25) is 0 Å². The van der Waals surface area contributed by atoms with Crippen LogP contribution in [-0.2, 0) is 0 Å². The predicted molar refractivity (Wildman–Crippen MR) is 183 cm³/mol. The van der Waals surface area contributed by atoms with Crippen LogP contribution in [0, 0.1) is 6.57 Å². The molecule has 0 saturated carbocycles. The van der Waals surface area contributed by atoms with Crippen LogP contribution < -0.4 is 0 Å². The molecule has 210 valence electrons. The van der Waals surface area contributed by atoms with Gasteiger partial charge in [0.2, 0.25) is 0 Å². The van der Waals surface area contributed by atoms with Crippen molar-refractivity contribution in [3.05, 3.63) is 163 Å². The third kappa shape index (κ3) is 5.03. The second kappa shape index (κ2) is 11.1. The SMILES string of the molecule is [C-]#[N+]c1ccc2oc3ccc(-c4cc(-c5ccccc5)cc(-c5cc(-c6ccccc6)nc(-c6ccccc6)n5)c4)cc3c2c1. The van der Waals surface area contributed by atoms with Crippen molar-refractivity contribution in [1.29, 1.82) is 0 Å². The number of fused-ring (bicyclic) bond motifs is 3. The Labute approximate surface area is 260 Å². The Balaban J connectivity index is 1.35. The Hall–Kier alpha value is -6.31. The maximum atomic E-state index is 7.49. The van der Waals surface area contributed by atoms with Gasteiger partial charge in [0.1, 0.15) is 11.2 Å². The van der Waals surface area contributed by atoms with E-state index in [-0.39, 0.29) is 0 Å². The lowest BCUT2D eigenvalue weighted by atomic mass is 9.94. The molecule has 2 heterocycles. The molecule has 6 aromatic carbocycles. The smallest absolute Gasteiger partial charge is 0.188 e. The Morgan fingerprint density at radius 1 is 0.422 bits per heavy atom. The minimum Gasteiger partial charge on any atom is -0.456 e. The Bertz CT molecular complexity index is 2310. The first-order valence-electron chi connectivity index (χ1n) is 14.8. The standard InChI is InChI=1S/C41H25N3O/c1-42-34-18-20-40-36(25-34)35-24-30(17-19-39(35)45-40)32-21-31(27-11-5-2-6-12-27)22-33(23-32)38-26-37(28-13-7-3-8-14-28)43-41(44-38)29-15-9-4-10-16-29/h2-26H. The number of hydrogen-bond donors (Lipinski definition) is 0. The van der Waals surface area contributed by atoms with Crippen molar-refractivity contribution >= 4 is 27.6 Å². The third-order valence-corrected chi connectivity index (χ3v) is 8.08. The summed E-state index contributed by atoms with van der Waals surface area (Å²) in [5.74, 6) is 0.681. The molecular formula is C41H25N3O. The monoisotopic (exact) mass is 575 g/mol. The summed E-state index contributed by atoms with van der Waals surface area (Å²) in [5.41, 5.74) is 11.2. The number of rotatable bonds is 5. The summed E-state index contributed by atoms with van der Waals surface area (Å²) in [6, 6.07) is 51.3. The zero-order chi connectivity index (χ0) is 30.2. The lowest BCUT2D eigenvalue weighted by molar-refractivity contribution is 0.669. The summed E-state index contributed by atoms with van der Waals surface area (Å²) < 4.78 is 6.12. The Kier molecular flexibility index (Phi) is 6.48. The first-order chi connectivity index (χ1) is 22.2. The van der Waals surface area contributed by atoms with Gasteiger partial charge in [0.15, 0.2) is 11.5 Å². The first-order valence-corrected chi connectivity index (χ1v) is 14.8.